The topological polar surface area (TPSA) is 46.5 Å². The lowest BCUT2D eigenvalue weighted by molar-refractivity contribution is 0.378. The largest absolute Gasteiger partial charge is 0.277 e. The number of sulfone groups is 1. The summed E-state index contributed by atoms with van der Waals surface area (Å²) in [7, 11) is -3.34. The first-order chi connectivity index (χ1) is 10.8. The van der Waals surface area contributed by atoms with Crippen LogP contribution in [0.4, 0.5) is 0 Å². The van der Waals surface area contributed by atoms with Crippen molar-refractivity contribution in [2.75, 3.05) is 5.75 Å². The van der Waals surface area contributed by atoms with E-state index in [1.165, 1.54) is 12.0 Å². The highest BCUT2D eigenvalue weighted by molar-refractivity contribution is 7.91. The third-order valence-electron chi connectivity index (χ3n) is 5.17. The Labute approximate surface area is 139 Å². The Hall–Kier alpha value is -1.42. The van der Waals surface area contributed by atoms with E-state index in [1.54, 1.807) is 12.1 Å². The first-order valence-electron chi connectivity index (χ1n) is 8.45. The summed E-state index contributed by atoms with van der Waals surface area (Å²) in [6.45, 7) is 6.09. The first-order valence-corrected chi connectivity index (χ1v) is 10.1. The molecule has 0 saturated heterocycles. The van der Waals surface area contributed by atoms with Crippen molar-refractivity contribution < 1.29 is 8.42 Å². The average Bonchev–Trinajstić information content (AvgIpc) is 2.62. The van der Waals surface area contributed by atoms with Gasteiger partial charge in [0.2, 0.25) is 0 Å². The van der Waals surface area contributed by atoms with E-state index < -0.39 is 15.4 Å². The van der Waals surface area contributed by atoms with E-state index in [4.69, 9.17) is 4.99 Å². The predicted molar refractivity (Wildman–Crippen MR) is 94.8 cm³/mol. The molecule has 3 nitrogen and oxygen atoms in total. The highest BCUT2D eigenvalue weighted by Gasteiger charge is 2.39. The van der Waals surface area contributed by atoms with Gasteiger partial charge in [0, 0.05) is 5.56 Å². The van der Waals surface area contributed by atoms with Gasteiger partial charge in [0.25, 0.3) is 0 Å². The van der Waals surface area contributed by atoms with E-state index in [2.05, 4.69) is 19.9 Å². The second kappa shape index (κ2) is 5.90. The molecule has 3 rings (SSSR count). The molecule has 1 aliphatic heterocycles. The smallest absolute Gasteiger partial charge is 0.181 e. The molecule has 23 heavy (non-hydrogen) atoms. The fourth-order valence-electron chi connectivity index (χ4n) is 3.34. The van der Waals surface area contributed by atoms with Crippen LogP contribution in [0.2, 0.25) is 0 Å². The Morgan fingerprint density at radius 3 is 2.57 bits per heavy atom. The minimum absolute atomic E-state index is 0.0749. The maximum Gasteiger partial charge on any atom is 0.181 e. The number of aliphatic imine (C=N–C) groups is 1. The summed E-state index contributed by atoms with van der Waals surface area (Å²) in [5, 5.41) is 0. The van der Waals surface area contributed by atoms with Gasteiger partial charge in [0.1, 0.15) is 0 Å². The van der Waals surface area contributed by atoms with Gasteiger partial charge in [-0.25, -0.2) is 8.42 Å². The van der Waals surface area contributed by atoms with E-state index in [9.17, 15) is 8.42 Å². The second-order valence-electron chi connectivity index (χ2n) is 7.20. The highest BCUT2D eigenvalue weighted by Crippen LogP contribution is 2.35. The summed E-state index contributed by atoms with van der Waals surface area (Å²) in [4.78, 5) is 5.48. The van der Waals surface area contributed by atoms with Gasteiger partial charge in [-0.15, -0.1) is 0 Å². The Balaban J connectivity index is 2.27. The zero-order valence-electron chi connectivity index (χ0n) is 14.2. The number of rotatable bonds is 2. The Morgan fingerprint density at radius 2 is 1.91 bits per heavy atom. The van der Waals surface area contributed by atoms with Gasteiger partial charge >= 0.3 is 0 Å². The van der Waals surface area contributed by atoms with Crippen LogP contribution in [0, 0.1) is 5.92 Å². The lowest BCUT2D eigenvalue weighted by Crippen LogP contribution is -2.37. The van der Waals surface area contributed by atoms with Crippen LogP contribution in [0.5, 0.6) is 0 Å². The molecule has 1 aromatic rings. The van der Waals surface area contributed by atoms with Crippen molar-refractivity contribution in [3.63, 3.8) is 0 Å². The molecule has 0 spiro atoms. The summed E-state index contributed by atoms with van der Waals surface area (Å²) >= 11 is 0. The SMILES string of the molecule is CC(C)C1(C)CS(=O)(=O)c2ccccc2C(C2=CCCCC2)=N1. The van der Waals surface area contributed by atoms with Crippen LogP contribution in [0.15, 0.2) is 45.8 Å². The van der Waals surface area contributed by atoms with Gasteiger partial charge < -0.3 is 0 Å². The molecular weight excluding hydrogens is 306 g/mol. The molecule has 2 aliphatic rings. The van der Waals surface area contributed by atoms with Crippen LogP contribution < -0.4 is 0 Å². The lowest BCUT2D eigenvalue weighted by Gasteiger charge is -2.29. The predicted octanol–water partition coefficient (Wildman–Crippen LogP) is 4.18. The average molecular weight is 331 g/mol. The van der Waals surface area contributed by atoms with Crippen LogP contribution in [0.3, 0.4) is 0 Å². The van der Waals surface area contributed by atoms with E-state index in [0.717, 1.165) is 30.5 Å². The van der Waals surface area contributed by atoms with Crippen molar-refractivity contribution in [1.29, 1.82) is 0 Å². The van der Waals surface area contributed by atoms with Gasteiger partial charge in [-0.1, -0.05) is 38.1 Å². The molecule has 0 aromatic heterocycles. The Kier molecular flexibility index (Phi) is 4.21. The van der Waals surface area contributed by atoms with Crippen LogP contribution >= 0.6 is 0 Å². The fourth-order valence-corrected chi connectivity index (χ4v) is 5.45. The van der Waals surface area contributed by atoms with Crippen molar-refractivity contribution >= 4 is 15.5 Å². The molecule has 0 radical (unpaired) electrons. The Morgan fingerprint density at radius 1 is 1.17 bits per heavy atom. The van der Waals surface area contributed by atoms with Crippen LogP contribution in [0.1, 0.15) is 52.0 Å². The highest BCUT2D eigenvalue weighted by atomic mass is 32.2. The summed E-state index contributed by atoms with van der Waals surface area (Å²) in [5.74, 6) is 0.233. The second-order valence-corrected chi connectivity index (χ2v) is 9.16. The summed E-state index contributed by atoms with van der Waals surface area (Å²) in [6, 6.07) is 7.36. The number of allylic oxidation sites excluding steroid dienone is 2. The van der Waals surface area contributed by atoms with Gasteiger partial charge in [-0.05, 0) is 50.2 Å². The zero-order chi connectivity index (χ0) is 16.7. The van der Waals surface area contributed by atoms with Gasteiger partial charge in [0.05, 0.1) is 21.9 Å². The van der Waals surface area contributed by atoms with Crippen LogP contribution in [0.25, 0.3) is 0 Å². The molecule has 1 aromatic carbocycles. The van der Waals surface area contributed by atoms with Crippen molar-refractivity contribution in [1.82, 2.24) is 0 Å². The zero-order valence-corrected chi connectivity index (χ0v) is 15.0. The van der Waals surface area contributed by atoms with Gasteiger partial charge in [0.15, 0.2) is 9.84 Å². The summed E-state index contributed by atoms with van der Waals surface area (Å²) in [5.41, 5.74) is 2.31. The molecule has 1 atom stereocenters. The van der Waals surface area contributed by atoms with E-state index in [-0.39, 0.29) is 11.7 Å². The molecule has 124 valence electrons. The van der Waals surface area contributed by atoms with Crippen molar-refractivity contribution in [2.24, 2.45) is 10.9 Å². The molecule has 0 fully saturated rings. The van der Waals surface area contributed by atoms with Gasteiger partial charge in [-0.3, -0.25) is 4.99 Å². The van der Waals surface area contributed by atoms with E-state index in [1.807, 2.05) is 19.1 Å². The minimum atomic E-state index is -3.34. The number of nitrogens with zero attached hydrogens (tertiary/aromatic N) is 1. The van der Waals surface area contributed by atoms with Crippen LogP contribution in [-0.2, 0) is 9.84 Å². The molecule has 4 heteroatoms. The maximum atomic E-state index is 12.9. The monoisotopic (exact) mass is 331 g/mol. The van der Waals surface area contributed by atoms with Crippen LogP contribution in [-0.4, -0.2) is 25.4 Å². The Bertz CT molecular complexity index is 774. The molecule has 0 amide bonds. The number of fused-ring (bicyclic) bond motifs is 1. The van der Waals surface area contributed by atoms with E-state index in [0.29, 0.717) is 4.90 Å². The number of hydrogen-bond acceptors (Lipinski definition) is 3. The maximum absolute atomic E-state index is 12.9. The molecule has 1 aliphatic carbocycles. The number of benzene rings is 1. The normalized spacial score (nSPS) is 27.0. The van der Waals surface area contributed by atoms with Gasteiger partial charge in [-0.2, -0.15) is 0 Å². The lowest BCUT2D eigenvalue weighted by atomic mass is 9.88. The third-order valence-corrected chi connectivity index (χ3v) is 7.16. The molecule has 1 unspecified atom stereocenters. The quantitative estimate of drug-likeness (QED) is 0.816. The van der Waals surface area contributed by atoms with Crippen molar-refractivity contribution in [3.05, 3.63) is 41.5 Å². The van der Waals surface area contributed by atoms with Crippen molar-refractivity contribution in [2.45, 2.75) is 56.9 Å². The molecular formula is C19H25NO2S. The summed E-state index contributed by atoms with van der Waals surface area (Å²) < 4.78 is 25.9. The third kappa shape index (κ3) is 3.01. The standard InChI is InChI=1S/C19H25NO2S/c1-14(2)19(3)13-23(21,22)17-12-8-7-11-16(17)18(20-19)15-9-5-4-6-10-15/h7-9,11-12,14H,4-6,10,13H2,1-3H3. The first kappa shape index (κ1) is 16.4. The molecule has 0 bridgehead atoms. The minimum Gasteiger partial charge on any atom is -0.277 e. The molecule has 0 saturated carbocycles. The molecule has 1 heterocycles. The molecule has 0 N–H and O–H groups in total. The van der Waals surface area contributed by atoms with Crippen molar-refractivity contribution in [3.8, 4) is 0 Å². The van der Waals surface area contributed by atoms with E-state index >= 15 is 0 Å². The summed E-state index contributed by atoms with van der Waals surface area (Å²) in [6.07, 6.45) is 6.65. The fraction of sp³-hybridized carbons (Fsp3) is 0.526. The number of hydrogen-bond donors (Lipinski definition) is 0.